The summed E-state index contributed by atoms with van der Waals surface area (Å²) in [5.41, 5.74) is 6.36. The van der Waals surface area contributed by atoms with Crippen LogP contribution in [0.2, 0.25) is 0 Å². The monoisotopic (exact) mass is 335 g/mol. The van der Waals surface area contributed by atoms with Crippen molar-refractivity contribution in [1.82, 2.24) is 9.99 Å². The van der Waals surface area contributed by atoms with E-state index in [0.717, 1.165) is 27.9 Å². The van der Waals surface area contributed by atoms with Gasteiger partial charge in [-0.1, -0.05) is 18.2 Å². The molecule has 0 fully saturated rings. The summed E-state index contributed by atoms with van der Waals surface area (Å²) in [6, 6.07) is 15.1. The van der Waals surface area contributed by atoms with Crippen LogP contribution in [0, 0.1) is 6.92 Å². The van der Waals surface area contributed by atoms with Crippen LogP contribution in [0.25, 0.3) is 10.9 Å². The topological polar surface area (TPSA) is 55.6 Å². The number of nitrogens with one attached hydrogen (secondary N) is 1. The average molecular weight is 335 g/mol. The van der Waals surface area contributed by atoms with Gasteiger partial charge in [-0.05, 0) is 44.2 Å². The number of para-hydroxylation sites is 1. The first-order chi connectivity index (χ1) is 12.1. The Bertz CT molecular complexity index is 924. The average Bonchev–Trinajstić information content (AvgIpc) is 2.88. The summed E-state index contributed by atoms with van der Waals surface area (Å²) in [5.74, 6) is 0.492. The zero-order chi connectivity index (χ0) is 17.8. The highest BCUT2D eigenvalue weighted by molar-refractivity contribution is 6.02. The molecule has 3 aromatic rings. The fourth-order valence-corrected chi connectivity index (χ4v) is 2.80. The van der Waals surface area contributed by atoms with Gasteiger partial charge in [-0.25, -0.2) is 5.43 Å². The summed E-state index contributed by atoms with van der Waals surface area (Å²) >= 11 is 0. The molecule has 2 aromatic carbocycles. The Kier molecular flexibility index (Phi) is 4.84. The molecule has 3 rings (SSSR count). The first-order valence-electron chi connectivity index (χ1n) is 8.22. The normalized spacial score (nSPS) is 11.2. The van der Waals surface area contributed by atoms with Gasteiger partial charge in [0, 0.05) is 34.8 Å². The highest BCUT2D eigenvalue weighted by atomic mass is 16.5. The number of hydrogen-bond acceptors (Lipinski definition) is 3. The molecule has 0 aliphatic heterocycles. The zero-order valence-corrected chi connectivity index (χ0v) is 14.6. The summed E-state index contributed by atoms with van der Waals surface area (Å²) in [4.78, 5) is 12.2. The number of rotatable bonds is 5. The van der Waals surface area contributed by atoms with Gasteiger partial charge >= 0.3 is 0 Å². The highest BCUT2D eigenvalue weighted by Crippen LogP contribution is 2.23. The van der Waals surface area contributed by atoms with Crippen LogP contribution in [0.1, 0.15) is 28.5 Å². The fraction of sp³-hybridized carbons (Fsp3) is 0.200. The molecule has 1 aromatic heterocycles. The van der Waals surface area contributed by atoms with Gasteiger partial charge in [0.05, 0.1) is 12.8 Å². The summed E-state index contributed by atoms with van der Waals surface area (Å²) in [5, 5.41) is 5.24. The summed E-state index contributed by atoms with van der Waals surface area (Å²) in [6.07, 6.45) is 1.70. The van der Waals surface area contributed by atoms with Crippen LogP contribution >= 0.6 is 0 Å². The molecule has 5 nitrogen and oxygen atoms in total. The van der Waals surface area contributed by atoms with Crippen molar-refractivity contribution in [2.45, 2.75) is 13.8 Å². The van der Waals surface area contributed by atoms with E-state index in [-0.39, 0.29) is 5.91 Å². The third-order valence-corrected chi connectivity index (χ3v) is 4.24. The van der Waals surface area contributed by atoms with Gasteiger partial charge in [0.25, 0.3) is 5.91 Å². The summed E-state index contributed by atoms with van der Waals surface area (Å²) < 4.78 is 7.49. The number of aromatic nitrogens is 1. The third-order valence-electron chi connectivity index (χ3n) is 4.24. The van der Waals surface area contributed by atoms with Gasteiger partial charge in [-0.2, -0.15) is 5.10 Å². The number of nitrogens with zero attached hydrogens (tertiary/aromatic N) is 2. The van der Waals surface area contributed by atoms with Gasteiger partial charge in [0.2, 0.25) is 0 Å². The van der Waals surface area contributed by atoms with E-state index in [4.69, 9.17) is 4.74 Å². The lowest BCUT2D eigenvalue weighted by Crippen LogP contribution is -2.17. The van der Waals surface area contributed by atoms with E-state index < -0.39 is 0 Å². The Morgan fingerprint density at radius 2 is 1.92 bits per heavy atom. The Morgan fingerprint density at radius 3 is 2.64 bits per heavy atom. The van der Waals surface area contributed by atoms with Crippen LogP contribution in [-0.2, 0) is 7.05 Å². The second kappa shape index (κ2) is 7.21. The van der Waals surface area contributed by atoms with E-state index in [2.05, 4.69) is 27.2 Å². The third kappa shape index (κ3) is 3.40. The lowest BCUT2D eigenvalue weighted by Gasteiger charge is -2.04. The van der Waals surface area contributed by atoms with E-state index in [0.29, 0.717) is 12.2 Å². The molecular weight excluding hydrogens is 314 g/mol. The second-order valence-corrected chi connectivity index (χ2v) is 5.73. The van der Waals surface area contributed by atoms with Crippen molar-refractivity contribution in [2.75, 3.05) is 6.61 Å². The predicted molar refractivity (Wildman–Crippen MR) is 100 cm³/mol. The molecule has 1 N–H and O–H groups in total. The number of benzene rings is 2. The molecule has 0 atom stereocenters. The Hall–Kier alpha value is -3.08. The minimum Gasteiger partial charge on any atom is -0.494 e. The van der Waals surface area contributed by atoms with Crippen molar-refractivity contribution in [3.8, 4) is 5.75 Å². The van der Waals surface area contributed by atoms with Gasteiger partial charge < -0.3 is 9.30 Å². The SMILES string of the molecule is CCOc1ccc(C(=O)N/N=C/c2c(C)n(C)c3ccccc23)cc1. The molecular formula is C20H21N3O2. The second-order valence-electron chi connectivity index (χ2n) is 5.73. The number of amides is 1. The summed E-state index contributed by atoms with van der Waals surface area (Å²) in [7, 11) is 2.02. The largest absolute Gasteiger partial charge is 0.494 e. The first kappa shape index (κ1) is 16.8. The molecule has 128 valence electrons. The summed E-state index contributed by atoms with van der Waals surface area (Å²) in [6.45, 7) is 4.56. The Labute approximate surface area is 146 Å². The van der Waals surface area contributed by atoms with Crippen LogP contribution in [0.5, 0.6) is 5.75 Å². The lowest BCUT2D eigenvalue weighted by atomic mass is 10.1. The quantitative estimate of drug-likeness (QED) is 0.571. The molecule has 0 radical (unpaired) electrons. The molecule has 0 bridgehead atoms. The first-order valence-corrected chi connectivity index (χ1v) is 8.22. The number of carbonyl (C=O) groups is 1. The Balaban J connectivity index is 1.75. The number of ether oxygens (including phenoxy) is 1. The van der Waals surface area contributed by atoms with Crippen molar-refractivity contribution < 1.29 is 9.53 Å². The molecule has 25 heavy (non-hydrogen) atoms. The van der Waals surface area contributed by atoms with Crippen molar-refractivity contribution in [1.29, 1.82) is 0 Å². The van der Waals surface area contributed by atoms with E-state index >= 15 is 0 Å². The number of carbonyl (C=O) groups excluding carboxylic acids is 1. The Morgan fingerprint density at radius 1 is 1.20 bits per heavy atom. The van der Waals surface area contributed by atoms with Gasteiger partial charge in [0.15, 0.2) is 0 Å². The van der Waals surface area contributed by atoms with Crippen molar-refractivity contribution in [2.24, 2.45) is 12.1 Å². The number of hydrogen-bond donors (Lipinski definition) is 1. The van der Waals surface area contributed by atoms with Crippen molar-refractivity contribution in [3.63, 3.8) is 0 Å². The molecule has 1 amide bonds. The fourth-order valence-electron chi connectivity index (χ4n) is 2.80. The molecule has 0 aliphatic carbocycles. The molecule has 0 saturated heterocycles. The maximum Gasteiger partial charge on any atom is 0.271 e. The van der Waals surface area contributed by atoms with E-state index in [1.807, 2.05) is 33.0 Å². The molecule has 0 unspecified atom stereocenters. The van der Waals surface area contributed by atoms with Gasteiger partial charge in [-0.3, -0.25) is 4.79 Å². The van der Waals surface area contributed by atoms with Crippen molar-refractivity contribution in [3.05, 3.63) is 65.4 Å². The van der Waals surface area contributed by atoms with E-state index in [9.17, 15) is 4.79 Å². The number of fused-ring (bicyclic) bond motifs is 1. The minimum absolute atomic E-state index is 0.253. The maximum atomic E-state index is 12.2. The van der Waals surface area contributed by atoms with E-state index in [1.54, 1.807) is 30.5 Å². The zero-order valence-electron chi connectivity index (χ0n) is 14.6. The van der Waals surface area contributed by atoms with Crippen LogP contribution in [-0.4, -0.2) is 23.3 Å². The molecule has 0 saturated carbocycles. The lowest BCUT2D eigenvalue weighted by molar-refractivity contribution is 0.0955. The number of hydrazone groups is 1. The maximum absolute atomic E-state index is 12.2. The molecule has 1 heterocycles. The van der Waals surface area contributed by atoms with Crippen LogP contribution in [0.15, 0.2) is 53.6 Å². The highest BCUT2D eigenvalue weighted by Gasteiger charge is 2.09. The predicted octanol–water partition coefficient (Wildman–Crippen LogP) is 3.65. The number of aryl methyl sites for hydroxylation is 1. The molecule has 0 aliphatic rings. The minimum atomic E-state index is -0.253. The van der Waals surface area contributed by atoms with Gasteiger partial charge in [0.1, 0.15) is 5.75 Å². The van der Waals surface area contributed by atoms with E-state index in [1.165, 1.54) is 0 Å². The van der Waals surface area contributed by atoms with Crippen LogP contribution in [0.3, 0.4) is 0 Å². The molecule has 0 spiro atoms. The van der Waals surface area contributed by atoms with Gasteiger partial charge in [-0.15, -0.1) is 0 Å². The standard InChI is InChI=1S/C20H21N3O2/c1-4-25-16-11-9-15(10-12-16)20(24)22-21-13-18-14(2)23(3)19-8-6-5-7-17(18)19/h5-13H,4H2,1-3H3,(H,22,24)/b21-13+. The van der Waals surface area contributed by atoms with Crippen LogP contribution in [0.4, 0.5) is 0 Å². The smallest absolute Gasteiger partial charge is 0.271 e. The molecule has 5 heteroatoms. The van der Waals surface area contributed by atoms with Crippen LogP contribution < -0.4 is 10.2 Å². The van der Waals surface area contributed by atoms with Crippen molar-refractivity contribution >= 4 is 23.0 Å².